The second-order valence-electron chi connectivity index (χ2n) is 5.05. The van der Waals surface area contributed by atoms with Crippen LogP contribution in [0, 0.1) is 0 Å². The number of H-pyrrole nitrogens is 1. The molecule has 0 radical (unpaired) electrons. The van der Waals surface area contributed by atoms with Crippen molar-refractivity contribution < 1.29 is 4.74 Å². The topological polar surface area (TPSA) is 64.1 Å². The Morgan fingerprint density at radius 3 is 2.58 bits per heavy atom. The predicted molar refractivity (Wildman–Crippen MR) is 96.9 cm³/mol. The average molecular weight is 346 g/mol. The maximum absolute atomic E-state index is 12.3. The van der Waals surface area contributed by atoms with Crippen molar-refractivity contribution in [3.05, 3.63) is 68.9 Å². The fraction of sp³-hybridized carbons (Fsp3) is 0.333. The summed E-state index contributed by atoms with van der Waals surface area (Å²) in [6, 6.07) is 9.74. The Kier molecular flexibility index (Phi) is 7.08. The van der Waals surface area contributed by atoms with Gasteiger partial charge in [0.2, 0.25) is 0 Å². The first-order valence-electron chi connectivity index (χ1n) is 7.99. The molecule has 0 fully saturated rings. The highest BCUT2D eigenvalue weighted by molar-refractivity contribution is 7.99. The molecule has 0 aliphatic rings. The summed E-state index contributed by atoms with van der Waals surface area (Å²) in [6.07, 6.45) is 4.32. The summed E-state index contributed by atoms with van der Waals surface area (Å²) >= 11 is 1.44. The molecule has 0 aliphatic heterocycles. The molecule has 0 saturated carbocycles. The first-order valence-corrected chi connectivity index (χ1v) is 8.80. The number of ether oxygens (including phenoxy) is 1. The molecule has 0 unspecified atom stereocenters. The van der Waals surface area contributed by atoms with Crippen LogP contribution in [0.25, 0.3) is 0 Å². The molecule has 0 saturated heterocycles. The summed E-state index contributed by atoms with van der Waals surface area (Å²) < 4.78 is 6.85. The minimum absolute atomic E-state index is 0.310. The first kappa shape index (κ1) is 18.3. The molecule has 1 heterocycles. The summed E-state index contributed by atoms with van der Waals surface area (Å²) in [5.41, 5.74) is -0.0752. The number of allylic oxidation sites excluding steroid dienone is 1. The molecule has 0 aliphatic carbocycles. The molecule has 5 nitrogen and oxygen atoms in total. The van der Waals surface area contributed by atoms with Crippen molar-refractivity contribution in [1.29, 1.82) is 0 Å². The van der Waals surface area contributed by atoms with Crippen LogP contribution in [0.1, 0.15) is 19.4 Å². The molecule has 128 valence electrons. The van der Waals surface area contributed by atoms with Crippen molar-refractivity contribution in [3.8, 4) is 0 Å². The van der Waals surface area contributed by atoms with Crippen molar-refractivity contribution in [2.45, 2.75) is 36.7 Å². The van der Waals surface area contributed by atoms with Gasteiger partial charge in [0.1, 0.15) is 0 Å². The van der Waals surface area contributed by atoms with E-state index in [4.69, 9.17) is 4.74 Å². The summed E-state index contributed by atoms with van der Waals surface area (Å²) in [5, 5.41) is 0.693. The lowest BCUT2D eigenvalue weighted by molar-refractivity contribution is 0.177. The number of aromatic amines is 1. The highest BCUT2D eigenvalue weighted by atomic mass is 32.2. The third-order valence-electron chi connectivity index (χ3n) is 3.43. The lowest BCUT2D eigenvalue weighted by Crippen LogP contribution is -2.33. The van der Waals surface area contributed by atoms with Gasteiger partial charge in [0.15, 0.2) is 0 Å². The van der Waals surface area contributed by atoms with Gasteiger partial charge in [-0.2, -0.15) is 0 Å². The van der Waals surface area contributed by atoms with Gasteiger partial charge in [0.05, 0.1) is 11.6 Å². The molecule has 0 atom stereocenters. The van der Waals surface area contributed by atoms with Gasteiger partial charge in [0.25, 0.3) is 5.56 Å². The standard InChI is InChI=1S/C18H22N2O3S/c1-3-15-16(21)19-18(22)20(12-8-9-13-23-4-2)17(15)24-14-10-6-5-7-11-14/h5-11H,3-4,12-13H2,1-2H3,(H,19,21,22)/b9-8+. The zero-order chi connectivity index (χ0) is 17.4. The van der Waals surface area contributed by atoms with Gasteiger partial charge in [-0.3, -0.25) is 14.3 Å². The largest absolute Gasteiger partial charge is 0.378 e. The van der Waals surface area contributed by atoms with Crippen LogP contribution in [0.5, 0.6) is 0 Å². The average Bonchev–Trinajstić information content (AvgIpc) is 2.58. The number of rotatable bonds is 8. The number of hydrogen-bond acceptors (Lipinski definition) is 4. The van der Waals surface area contributed by atoms with E-state index in [-0.39, 0.29) is 5.56 Å². The number of nitrogens with one attached hydrogen (secondary N) is 1. The Balaban J connectivity index is 2.38. The summed E-state index contributed by atoms with van der Waals surface area (Å²) in [7, 11) is 0. The Bertz CT molecular complexity index is 794. The SMILES string of the molecule is CCOC/C=C/Cn1c(Sc2ccccc2)c(CC)c(=O)[nH]c1=O. The van der Waals surface area contributed by atoms with Gasteiger partial charge in [-0.05, 0) is 25.5 Å². The number of hydrogen-bond donors (Lipinski definition) is 1. The van der Waals surface area contributed by atoms with E-state index in [1.165, 1.54) is 11.8 Å². The third kappa shape index (κ3) is 4.72. The number of aromatic nitrogens is 2. The van der Waals surface area contributed by atoms with Gasteiger partial charge in [-0.1, -0.05) is 49.0 Å². The zero-order valence-corrected chi connectivity index (χ0v) is 14.8. The van der Waals surface area contributed by atoms with E-state index in [2.05, 4.69) is 4.98 Å². The van der Waals surface area contributed by atoms with Gasteiger partial charge in [-0.25, -0.2) is 4.79 Å². The minimum Gasteiger partial charge on any atom is -0.378 e. The van der Waals surface area contributed by atoms with Crippen LogP contribution in [0.3, 0.4) is 0 Å². The molecule has 0 amide bonds. The van der Waals surface area contributed by atoms with E-state index in [0.29, 0.717) is 36.8 Å². The molecule has 2 aromatic rings. The van der Waals surface area contributed by atoms with Gasteiger partial charge < -0.3 is 4.74 Å². The molecule has 1 aromatic heterocycles. The van der Waals surface area contributed by atoms with Gasteiger partial charge >= 0.3 is 5.69 Å². The molecule has 0 bridgehead atoms. The Morgan fingerprint density at radius 1 is 1.17 bits per heavy atom. The Hall–Kier alpha value is -2.05. The second kappa shape index (κ2) is 9.30. The van der Waals surface area contributed by atoms with Crippen LogP contribution < -0.4 is 11.2 Å². The molecule has 1 aromatic carbocycles. The molecule has 0 spiro atoms. The summed E-state index contributed by atoms with van der Waals surface area (Å²) in [6.45, 7) is 5.40. The normalized spacial score (nSPS) is 11.2. The molecular formula is C18H22N2O3S. The van der Waals surface area contributed by atoms with Crippen molar-refractivity contribution in [3.63, 3.8) is 0 Å². The van der Waals surface area contributed by atoms with E-state index in [9.17, 15) is 9.59 Å². The van der Waals surface area contributed by atoms with E-state index in [1.54, 1.807) is 4.57 Å². The summed E-state index contributed by atoms with van der Waals surface area (Å²) in [5.74, 6) is 0. The van der Waals surface area contributed by atoms with Gasteiger partial charge in [-0.15, -0.1) is 0 Å². The molecule has 2 rings (SSSR count). The van der Waals surface area contributed by atoms with E-state index in [0.717, 1.165) is 4.90 Å². The van der Waals surface area contributed by atoms with Crippen molar-refractivity contribution in [2.24, 2.45) is 0 Å². The molecule has 1 N–H and O–H groups in total. The molecular weight excluding hydrogens is 324 g/mol. The minimum atomic E-state index is -0.392. The van der Waals surface area contributed by atoms with Crippen molar-refractivity contribution in [2.75, 3.05) is 13.2 Å². The predicted octanol–water partition coefficient (Wildman–Crippen LogP) is 2.84. The molecule has 24 heavy (non-hydrogen) atoms. The Labute approximate surface area is 145 Å². The fourth-order valence-corrected chi connectivity index (χ4v) is 3.37. The van der Waals surface area contributed by atoms with Crippen molar-refractivity contribution >= 4 is 11.8 Å². The van der Waals surface area contributed by atoms with Crippen LogP contribution >= 0.6 is 11.8 Å². The summed E-state index contributed by atoms with van der Waals surface area (Å²) in [4.78, 5) is 27.8. The van der Waals surface area contributed by atoms with Crippen molar-refractivity contribution in [1.82, 2.24) is 9.55 Å². The smallest absolute Gasteiger partial charge is 0.329 e. The van der Waals surface area contributed by atoms with E-state index >= 15 is 0 Å². The lowest BCUT2D eigenvalue weighted by Gasteiger charge is -2.13. The number of nitrogens with zero attached hydrogens (tertiary/aromatic N) is 1. The quantitative estimate of drug-likeness (QED) is 0.453. The second-order valence-corrected chi connectivity index (χ2v) is 6.12. The van der Waals surface area contributed by atoms with Gasteiger partial charge in [0, 0.05) is 23.6 Å². The van der Waals surface area contributed by atoms with E-state index in [1.807, 2.05) is 56.3 Å². The zero-order valence-electron chi connectivity index (χ0n) is 14.0. The maximum atomic E-state index is 12.3. The Morgan fingerprint density at radius 2 is 1.92 bits per heavy atom. The maximum Gasteiger partial charge on any atom is 0.329 e. The third-order valence-corrected chi connectivity index (χ3v) is 4.60. The van der Waals surface area contributed by atoms with Crippen LogP contribution in [-0.4, -0.2) is 22.8 Å². The van der Waals surface area contributed by atoms with Crippen LogP contribution in [0.15, 0.2) is 62.0 Å². The fourth-order valence-electron chi connectivity index (χ4n) is 2.22. The highest BCUT2D eigenvalue weighted by Crippen LogP contribution is 2.28. The monoisotopic (exact) mass is 346 g/mol. The van der Waals surface area contributed by atoms with Crippen LogP contribution in [0.4, 0.5) is 0 Å². The van der Waals surface area contributed by atoms with Crippen LogP contribution in [-0.2, 0) is 17.7 Å². The number of benzene rings is 1. The first-order chi connectivity index (χ1) is 11.7. The molecule has 6 heteroatoms. The van der Waals surface area contributed by atoms with E-state index < -0.39 is 5.69 Å². The highest BCUT2D eigenvalue weighted by Gasteiger charge is 2.14. The van der Waals surface area contributed by atoms with Crippen LogP contribution in [0.2, 0.25) is 0 Å². The lowest BCUT2D eigenvalue weighted by atomic mass is 10.2.